The molecule has 0 heterocycles. The maximum absolute atomic E-state index is 5.62. The number of rotatable bonds is 4. The van der Waals surface area contributed by atoms with Crippen molar-refractivity contribution in [3.63, 3.8) is 0 Å². The zero-order valence-electron chi connectivity index (χ0n) is 14.0. The molecule has 0 aliphatic rings. The van der Waals surface area contributed by atoms with Gasteiger partial charge in [0.05, 0.1) is 0 Å². The lowest BCUT2D eigenvalue weighted by Gasteiger charge is -2.16. The van der Waals surface area contributed by atoms with Crippen LogP contribution in [0.15, 0.2) is 24.3 Å². The Balaban J connectivity index is 0. The monoisotopic (exact) mass is 266 g/mol. The summed E-state index contributed by atoms with van der Waals surface area (Å²) in [6, 6.07) is 9.15. The van der Waals surface area contributed by atoms with Crippen molar-refractivity contribution in [2.75, 3.05) is 5.73 Å². The molecule has 0 saturated carbocycles. The zero-order valence-corrected chi connectivity index (χ0v) is 14.0. The Morgan fingerprint density at radius 1 is 1.00 bits per heavy atom. The van der Waals surface area contributed by atoms with Gasteiger partial charge >= 0.3 is 0 Å². The van der Waals surface area contributed by atoms with Crippen LogP contribution in [0.25, 0.3) is 0 Å². The predicted octanol–water partition coefficient (Wildman–Crippen LogP) is 4.64. The Hall–Kier alpha value is -1.02. The van der Waals surface area contributed by atoms with Crippen LogP contribution in [0.2, 0.25) is 0 Å². The van der Waals surface area contributed by atoms with Crippen molar-refractivity contribution in [1.29, 1.82) is 0 Å². The summed E-state index contributed by atoms with van der Waals surface area (Å²) in [7, 11) is 0. The fraction of sp³-hybridized carbons (Fsp3) is 0.647. The van der Waals surface area contributed by atoms with Crippen molar-refractivity contribution in [3.8, 4) is 0 Å². The van der Waals surface area contributed by atoms with Gasteiger partial charge in [0.1, 0.15) is 0 Å². The first-order valence-corrected chi connectivity index (χ1v) is 7.60. The second kappa shape index (κ2) is 13.4. The minimum absolute atomic E-state index is 0.513. The molecule has 0 aromatic heterocycles. The van der Waals surface area contributed by atoms with E-state index < -0.39 is 0 Å². The number of hydrogen-bond donors (Lipinski definition) is 2. The molecule has 1 unspecified atom stereocenters. The Morgan fingerprint density at radius 2 is 1.42 bits per heavy atom. The van der Waals surface area contributed by atoms with Gasteiger partial charge in [-0.1, -0.05) is 60.1 Å². The van der Waals surface area contributed by atoms with Gasteiger partial charge in [-0.05, 0) is 31.0 Å². The second-order valence-electron chi connectivity index (χ2n) is 4.88. The highest BCUT2D eigenvalue weighted by Crippen LogP contribution is 2.07. The Morgan fingerprint density at radius 3 is 1.79 bits per heavy atom. The van der Waals surface area contributed by atoms with E-state index in [0.29, 0.717) is 12.1 Å². The first-order chi connectivity index (χ1) is 8.99. The lowest BCUT2D eigenvalue weighted by molar-refractivity contribution is 0.488. The van der Waals surface area contributed by atoms with Crippen LogP contribution in [0.4, 0.5) is 5.69 Å². The zero-order chi connectivity index (χ0) is 15.3. The lowest BCUT2D eigenvalue weighted by Crippen LogP contribution is -2.33. The average molecular weight is 266 g/mol. The van der Waals surface area contributed by atoms with Crippen molar-refractivity contribution in [1.82, 2.24) is 5.32 Å². The maximum atomic E-state index is 5.62. The van der Waals surface area contributed by atoms with Crippen LogP contribution < -0.4 is 11.1 Å². The normalized spacial score (nSPS) is 10.9. The molecular formula is C17H34N2. The van der Waals surface area contributed by atoms with Gasteiger partial charge < -0.3 is 11.1 Å². The topological polar surface area (TPSA) is 38.0 Å². The molecule has 0 spiro atoms. The quantitative estimate of drug-likeness (QED) is 0.779. The summed E-state index contributed by atoms with van der Waals surface area (Å²) < 4.78 is 0. The van der Waals surface area contributed by atoms with E-state index in [1.165, 1.54) is 12.0 Å². The first-order valence-electron chi connectivity index (χ1n) is 7.60. The van der Waals surface area contributed by atoms with E-state index in [1.54, 1.807) is 0 Å². The second-order valence-corrected chi connectivity index (χ2v) is 4.88. The smallest absolute Gasteiger partial charge is 0.0314 e. The third-order valence-electron chi connectivity index (χ3n) is 2.14. The Labute approximate surface area is 120 Å². The van der Waals surface area contributed by atoms with Gasteiger partial charge in [-0.3, -0.25) is 0 Å². The summed E-state index contributed by atoms with van der Waals surface area (Å²) in [5.74, 6) is 0. The molecule has 1 rings (SSSR count). The number of hydrogen-bond acceptors (Lipinski definition) is 2. The number of nitrogens with two attached hydrogens (primary N) is 1. The van der Waals surface area contributed by atoms with E-state index in [9.17, 15) is 0 Å². The van der Waals surface area contributed by atoms with Crippen molar-refractivity contribution in [3.05, 3.63) is 29.8 Å². The average Bonchev–Trinajstić information content (AvgIpc) is 2.35. The molecular weight excluding hydrogens is 232 g/mol. The molecule has 1 aromatic rings. The van der Waals surface area contributed by atoms with Crippen molar-refractivity contribution < 1.29 is 0 Å². The van der Waals surface area contributed by atoms with Crippen molar-refractivity contribution >= 4 is 5.69 Å². The highest BCUT2D eigenvalue weighted by atomic mass is 14.9. The fourth-order valence-electron chi connectivity index (χ4n) is 1.64. The first kappa shape index (κ1) is 20.3. The van der Waals surface area contributed by atoms with Crippen LogP contribution in [-0.4, -0.2) is 12.1 Å². The SMILES string of the molecule is CC.CC(C)NC(C)Cc1ccc(N)cc1.CCC. The largest absolute Gasteiger partial charge is 0.399 e. The van der Waals surface area contributed by atoms with E-state index in [2.05, 4.69) is 52.1 Å². The summed E-state index contributed by atoms with van der Waals surface area (Å²) in [4.78, 5) is 0. The number of nitrogens with one attached hydrogen (secondary N) is 1. The molecule has 0 fully saturated rings. The molecule has 1 aromatic carbocycles. The van der Waals surface area contributed by atoms with Gasteiger partial charge in [0.2, 0.25) is 0 Å². The van der Waals surface area contributed by atoms with E-state index in [4.69, 9.17) is 5.73 Å². The summed E-state index contributed by atoms with van der Waals surface area (Å²) in [6.07, 6.45) is 2.30. The molecule has 0 bridgehead atoms. The molecule has 0 saturated heterocycles. The molecule has 19 heavy (non-hydrogen) atoms. The number of benzene rings is 1. The summed E-state index contributed by atoms with van der Waals surface area (Å²) >= 11 is 0. The molecule has 2 heteroatoms. The molecule has 0 amide bonds. The third-order valence-corrected chi connectivity index (χ3v) is 2.14. The van der Waals surface area contributed by atoms with Crippen molar-refractivity contribution in [2.45, 2.75) is 73.4 Å². The molecule has 0 radical (unpaired) electrons. The molecule has 3 N–H and O–H groups in total. The van der Waals surface area contributed by atoms with E-state index in [0.717, 1.165) is 12.1 Å². The van der Waals surface area contributed by atoms with Gasteiger partial charge in [0, 0.05) is 17.8 Å². The highest BCUT2D eigenvalue weighted by Gasteiger charge is 2.04. The van der Waals surface area contributed by atoms with Gasteiger partial charge in [0.25, 0.3) is 0 Å². The van der Waals surface area contributed by atoms with Crippen LogP contribution in [0, 0.1) is 0 Å². The van der Waals surface area contributed by atoms with Gasteiger partial charge in [-0.15, -0.1) is 0 Å². The minimum Gasteiger partial charge on any atom is -0.399 e. The van der Waals surface area contributed by atoms with E-state index in [1.807, 2.05) is 26.0 Å². The van der Waals surface area contributed by atoms with Crippen LogP contribution in [0.5, 0.6) is 0 Å². The summed E-state index contributed by atoms with van der Waals surface area (Å²) in [5, 5.41) is 3.47. The van der Waals surface area contributed by atoms with Crippen LogP contribution in [0.1, 0.15) is 60.5 Å². The maximum Gasteiger partial charge on any atom is 0.0314 e. The van der Waals surface area contributed by atoms with Crippen LogP contribution >= 0.6 is 0 Å². The van der Waals surface area contributed by atoms with Crippen molar-refractivity contribution in [2.24, 2.45) is 0 Å². The molecule has 2 nitrogen and oxygen atoms in total. The van der Waals surface area contributed by atoms with E-state index in [-0.39, 0.29) is 0 Å². The number of nitrogen functional groups attached to an aromatic ring is 1. The molecule has 0 aliphatic carbocycles. The van der Waals surface area contributed by atoms with E-state index >= 15 is 0 Å². The van der Waals surface area contributed by atoms with Crippen LogP contribution in [0.3, 0.4) is 0 Å². The van der Waals surface area contributed by atoms with Gasteiger partial charge in [-0.25, -0.2) is 0 Å². The molecule has 1 atom stereocenters. The highest BCUT2D eigenvalue weighted by molar-refractivity contribution is 5.39. The third kappa shape index (κ3) is 13.2. The Bertz CT molecular complexity index is 278. The minimum atomic E-state index is 0.513. The molecule has 112 valence electrons. The number of anilines is 1. The van der Waals surface area contributed by atoms with Gasteiger partial charge in [-0.2, -0.15) is 0 Å². The summed E-state index contributed by atoms with van der Waals surface area (Å²) in [6.45, 7) is 14.8. The van der Waals surface area contributed by atoms with Crippen LogP contribution in [-0.2, 0) is 6.42 Å². The standard InChI is InChI=1S/C12H20N2.C3H8.C2H6/c1-9(2)14-10(3)8-11-4-6-12(13)7-5-11;1-3-2;1-2/h4-7,9-10,14H,8,13H2,1-3H3;3H2,1-2H3;1-2H3. The molecule has 0 aliphatic heterocycles. The van der Waals surface area contributed by atoms with Gasteiger partial charge in [0.15, 0.2) is 0 Å². The Kier molecular flexibility index (Phi) is 14.3. The summed E-state index contributed by atoms with van der Waals surface area (Å²) in [5.41, 5.74) is 7.79. The predicted molar refractivity (Wildman–Crippen MR) is 89.6 cm³/mol. The fourth-order valence-corrected chi connectivity index (χ4v) is 1.64. The lowest BCUT2D eigenvalue weighted by atomic mass is 10.1.